The van der Waals surface area contributed by atoms with Gasteiger partial charge in [-0.05, 0) is 69.6 Å². The van der Waals surface area contributed by atoms with Crippen molar-refractivity contribution in [2.24, 2.45) is 4.99 Å². The number of methoxy groups -OCH3 is 1. The fourth-order valence-corrected chi connectivity index (χ4v) is 2.38. The maximum atomic E-state index is 10.9. The molecule has 0 spiro atoms. The van der Waals surface area contributed by atoms with Crippen LogP contribution < -0.4 is 10.2 Å². The molecule has 0 heterocycles. The maximum absolute atomic E-state index is 10.9. The Labute approximate surface area is 186 Å². The molecule has 0 atom stereocenters. The molecule has 0 saturated carbocycles. The number of carbonyl (C=O) groups is 1. The van der Waals surface area contributed by atoms with Gasteiger partial charge < -0.3 is 19.7 Å². The van der Waals surface area contributed by atoms with Crippen molar-refractivity contribution in [1.29, 1.82) is 0 Å². The molecule has 1 N–H and O–H groups in total. The van der Waals surface area contributed by atoms with Crippen molar-refractivity contribution in [2.45, 2.75) is 73.3 Å². The molecular formula is C25H47N3O2. The number of nitrogens with one attached hydrogen (secondary N) is 1. The molecule has 1 aromatic carbocycles. The fraction of sp³-hybridized carbons (Fsp3) is 0.680. The maximum Gasteiger partial charge on any atom is 0.139 e. The van der Waals surface area contributed by atoms with Crippen LogP contribution in [0.3, 0.4) is 0 Å². The molecule has 0 aliphatic rings. The third kappa shape index (κ3) is 19.6. The van der Waals surface area contributed by atoms with Gasteiger partial charge in [0.1, 0.15) is 6.29 Å². The number of anilines is 1. The van der Waals surface area contributed by atoms with E-state index in [9.17, 15) is 4.79 Å². The zero-order valence-corrected chi connectivity index (χ0v) is 20.5. The molecule has 0 radical (unpaired) electrons. The summed E-state index contributed by atoms with van der Waals surface area (Å²) in [6.07, 6.45) is 8.55. The Hall–Kier alpha value is -1.72. The molecule has 174 valence electrons. The smallest absolute Gasteiger partial charge is 0.139 e. The molecule has 1 rings (SSSR count). The molecule has 5 nitrogen and oxygen atoms in total. The summed E-state index contributed by atoms with van der Waals surface area (Å²) in [6.45, 7) is 15.5. The van der Waals surface area contributed by atoms with Gasteiger partial charge in [0.25, 0.3) is 0 Å². The zero-order chi connectivity index (χ0) is 22.9. The van der Waals surface area contributed by atoms with E-state index in [4.69, 9.17) is 0 Å². The van der Waals surface area contributed by atoms with Crippen molar-refractivity contribution in [3.63, 3.8) is 0 Å². The lowest BCUT2D eigenvalue weighted by Gasteiger charge is -2.22. The Balaban J connectivity index is 0. The SMILES string of the molecule is CCC.CCC=NCc1ccc(N(CC=O)CCCCNCCC)cc1.CCOC. The van der Waals surface area contributed by atoms with Crippen LogP contribution in [-0.2, 0) is 16.1 Å². The minimum Gasteiger partial charge on any atom is -0.385 e. The number of unbranched alkanes of at least 4 members (excludes halogenated alkanes) is 1. The van der Waals surface area contributed by atoms with Crippen LogP contribution in [0.15, 0.2) is 29.3 Å². The Morgan fingerprint density at radius 3 is 2.17 bits per heavy atom. The normalized spacial score (nSPS) is 10.1. The van der Waals surface area contributed by atoms with E-state index < -0.39 is 0 Å². The largest absolute Gasteiger partial charge is 0.385 e. The molecule has 0 fully saturated rings. The van der Waals surface area contributed by atoms with Crippen molar-refractivity contribution in [1.82, 2.24) is 5.32 Å². The van der Waals surface area contributed by atoms with Crippen LogP contribution in [0.25, 0.3) is 0 Å². The molecule has 0 saturated heterocycles. The van der Waals surface area contributed by atoms with E-state index in [0.29, 0.717) is 6.54 Å². The van der Waals surface area contributed by atoms with Gasteiger partial charge in [0.05, 0.1) is 13.1 Å². The van der Waals surface area contributed by atoms with Crippen LogP contribution in [-0.4, -0.2) is 52.4 Å². The van der Waals surface area contributed by atoms with Gasteiger partial charge in [-0.2, -0.15) is 0 Å². The third-order valence-corrected chi connectivity index (χ3v) is 3.93. The summed E-state index contributed by atoms with van der Waals surface area (Å²) in [5, 5.41) is 3.41. The van der Waals surface area contributed by atoms with Crippen molar-refractivity contribution in [3.8, 4) is 0 Å². The minimum atomic E-state index is 0.454. The predicted molar refractivity (Wildman–Crippen MR) is 133 cm³/mol. The first kappa shape index (κ1) is 30.5. The number of carbonyl (C=O) groups excluding carboxylic acids is 1. The molecule has 0 amide bonds. The summed E-state index contributed by atoms with van der Waals surface area (Å²) >= 11 is 0. The van der Waals surface area contributed by atoms with Gasteiger partial charge in [0.2, 0.25) is 0 Å². The second-order valence-corrected chi connectivity index (χ2v) is 6.95. The zero-order valence-electron chi connectivity index (χ0n) is 20.5. The highest BCUT2D eigenvalue weighted by Gasteiger charge is 2.05. The number of nitrogens with zero attached hydrogens (tertiary/aromatic N) is 2. The van der Waals surface area contributed by atoms with Crippen LogP contribution in [0.1, 0.15) is 72.3 Å². The monoisotopic (exact) mass is 421 g/mol. The van der Waals surface area contributed by atoms with Crippen molar-refractivity contribution in [2.75, 3.05) is 44.8 Å². The quantitative estimate of drug-likeness (QED) is 0.244. The number of aldehydes is 1. The second-order valence-electron chi connectivity index (χ2n) is 6.95. The minimum absolute atomic E-state index is 0.454. The summed E-state index contributed by atoms with van der Waals surface area (Å²) < 4.78 is 4.54. The van der Waals surface area contributed by atoms with E-state index >= 15 is 0 Å². The average molecular weight is 422 g/mol. The highest BCUT2D eigenvalue weighted by molar-refractivity contribution is 5.61. The van der Waals surface area contributed by atoms with Gasteiger partial charge in [-0.1, -0.05) is 46.2 Å². The number of hydrogen-bond acceptors (Lipinski definition) is 5. The van der Waals surface area contributed by atoms with E-state index in [-0.39, 0.29) is 0 Å². The van der Waals surface area contributed by atoms with E-state index in [2.05, 4.69) is 71.9 Å². The highest BCUT2D eigenvalue weighted by Crippen LogP contribution is 2.16. The van der Waals surface area contributed by atoms with E-state index in [1.165, 1.54) is 18.4 Å². The van der Waals surface area contributed by atoms with Crippen LogP contribution in [0.5, 0.6) is 0 Å². The molecule has 30 heavy (non-hydrogen) atoms. The van der Waals surface area contributed by atoms with E-state index in [1.54, 1.807) is 7.11 Å². The molecule has 0 aliphatic carbocycles. The van der Waals surface area contributed by atoms with Crippen LogP contribution in [0, 0.1) is 0 Å². The van der Waals surface area contributed by atoms with Gasteiger partial charge in [0, 0.05) is 25.9 Å². The summed E-state index contributed by atoms with van der Waals surface area (Å²) in [5.74, 6) is 0. The van der Waals surface area contributed by atoms with Gasteiger partial charge in [0.15, 0.2) is 0 Å². The van der Waals surface area contributed by atoms with Crippen LogP contribution in [0.4, 0.5) is 5.69 Å². The summed E-state index contributed by atoms with van der Waals surface area (Å²) in [6, 6.07) is 8.39. The number of benzene rings is 1. The lowest BCUT2D eigenvalue weighted by atomic mass is 10.2. The average Bonchev–Trinajstić information content (AvgIpc) is 2.77. The topological polar surface area (TPSA) is 53.9 Å². The van der Waals surface area contributed by atoms with Gasteiger partial charge >= 0.3 is 0 Å². The Bertz CT molecular complexity index is 488. The predicted octanol–water partition coefficient (Wildman–Crippen LogP) is 5.52. The Kier molecular flexibility index (Phi) is 25.7. The van der Waals surface area contributed by atoms with Crippen LogP contribution >= 0.6 is 0 Å². The van der Waals surface area contributed by atoms with Gasteiger partial charge in [-0.15, -0.1) is 0 Å². The molecule has 0 aliphatic heterocycles. The molecule has 0 bridgehead atoms. The molecule has 0 aromatic heterocycles. The Morgan fingerprint density at radius 2 is 1.67 bits per heavy atom. The van der Waals surface area contributed by atoms with Crippen LogP contribution in [0.2, 0.25) is 0 Å². The molecular weight excluding hydrogens is 374 g/mol. The Morgan fingerprint density at radius 1 is 1.03 bits per heavy atom. The van der Waals surface area contributed by atoms with Gasteiger partial charge in [-0.25, -0.2) is 0 Å². The first-order valence-corrected chi connectivity index (χ1v) is 11.6. The lowest BCUT2D eigenvalue weighted by Crippen LogP contribution is -2.27. The standard InChI is InChI=1S/C19H31N3O.C3H8O.C3H8/c1-3-11-20-13-5-6-14-22(15-16-23)19-9-7-18(8-10-19)17-21-12-4-2;1-3-4-2;1-3-2/h7-10,12,16,20H,3-6,11,13-15,17H2,1-2H3;3H2,1-2H3;3H2,1-2H3. The number of aliphatic imine (C=N–C) groups is 1. The lowest BCUT2D eigenvalue weighted by molar-refractivity contribution is -0.106. The van der Waals surface area contributed by atoms with Crippen molar-refractivity contribution >= 4 is 18.2 Å². The second kappa shape index (κ2) is 25.3. The fourth-order valence-electron chi connectivity index (χ4n) is 2.38. The van der Waals surface area contributed by atoms with Gasteiger partial charge in [-0.3, -0.25) is 4.99 Å². The molecule has 5 heteroatoms. The highest BCUT2D eigenvalue weighted by atomic mass is 16.5. The first-order valence-electron chi connectivity index (χ1n) is 11.6. The molecule has 1 aromatic rings. The summed E-state index contributed by atoms with van der Waals surface area (Å²) in [4.78, 5) is 17.4. The summed E-state index contributed by atoms with van der Waals surface area (Å²) in [7, 11) is 1.68. The van der Waals surface area contributed by atoms with Crippen molar-refractivity contribution in [3.05, 3.63) is 29.8 Å². The number of hydrogen-bond donors (Lipinski definition) is 1. The van der Waals surface area contributed by atoms with Crippen molar-refractivity contribution < 1.29 is 9.53 Å². The number of rotatable bonds is 14. The summed E-state index contributed by atoms with van der Waals surface area (Å²) in [5.41, 5.74) is 2.31. The molecule has 0 unspecified atom stereocenters. The van der Waals surface area contributed by atoms with E-state index in [1.807, 2.05) is 13.1 Å². The van der Waals surface area contributed by atoms with E-state index in [0.717, 1.165) is 64.0 Å². The first-order chi connectivity index (χ1) is 14.6. The number of ether oxygens (including phenoxy) is 1. The third-order valence-electron chi connectivity index (χ3n) is 3.93.